The average molecular weight is 385 g/mol. The van der Waals surface area contributed by atoms with Gasteiger partial charge in [-0.3, -0.25) is 4.79 Å². The van der Waals surface area contributed by atoms with Crippen LogP contribution in [0.4, 0.5) is 0 Å². The molecule has 5 nitrogen and oxygen atoms in total. The van der Waals surface area contributed by atoms with E-state index in [1.807, 2.05) is 35.0 Å². The van der Waals surface area contributed by atoms with E-state index in [-0.39, 0.29) is 17.9 Å². The average Bonchev–Trinajstić information content (AvgIpc) is 3.06. The fourth-order valence-electron chi connectivity index (χ4n) is 3.05. The molecule has 0 saturated carbocycles. The monoisotopic (exact) mass is 384 g/mol. The zero-order valence-corrected chi connectivity index (χ0v) is 17.2. The highest BCUT2D eigenvalue weighted by Crippen LogP contribution is 2.26. The molecule has 3 rings (SSSR count). The molecule has 0 atom stereocenters. The van der Waals surface area contributed by atoms with Crippen LogP contribution in [0.25, 0.3) is 11.0 Å². The molecule has 0 spiro atoms. The van der Waals surface area contributed by atoms with Crippen molar-refractivity contribution >= 4 is 28.5 Å². The standard InChI is InChI=1S/C21H25ClN4O/c1-13(2)19-10-16(17-11-23-26(14(3)4)20(17)24-19)21(27)25(5)12-15-8-6-7-9-18(15)22/h6-11,13-14H,12H2,1-5H3. The van der Waals surface area contributed by atoms with Crippen molar-refractivity contribution in [2.45, 2.75) is 46.2 Å². The van der Waals surface area contributed by atoms with Gasteiger partial charge in [0.15, 0.2) is 5.65 Å². The Hall–Kier alpha value is -2.40. The Kier molecular flexibility index (Phi) is 5.51. The van der Waals surface area contributed by atoms with Crippen molar-refractivity contribution in [2.24, 2.45) is 0 Å². The van der Waals surface area contributed by atoms with Crippen LogP contribution in [0.3, 0.4) is 0 Å². The highest BCUT2D eigenvalue weighted by Gasteiger charge is 2.21. The third-order valence-electron chi connectivity index (χ3n) is 4.61. The van der Waals surface area contributed by atoms with E-state index in [2.05, 4.69) is 32.8 Å². The molecule has 0 aliphatic rings. The zero-order valence-electron chi connectivity index (χ0n) is 16.4. The van der Waals surface area contributed by atoms with Gasteiger partial charge in [-0.15, -0.1) is 0 Å². The summed E-state index contributed by atoms with van der Waals surface area (Å²) in [5.41, 5.74) is 3.19. The molecule has 27 heavy (non-hydrogen) atoms. The van der Waals surface area contributed by atoms with Gasteiger partial charge in [0.25, 0.3) is 5.91 Å². The van der Waals surface area contributed by atoms with Crippen LogP contribution >= 0.6 is 11.6 Å². The summed E-state index contributed by atoms with van der Waals surface area (Å²) < 4.78 is 1.87. The number of rotatable bonds is 5. The zero-order chi connectivity index (χ0) is 19.7. The minimum atomic E-state index is -0.0625. The Morgan fingerprint density at radius 3 is 2.56 bits per heavy atom. The molecule has 0 radical (unpaired) electrons. The first-order chi connectivity index (χ1) is 12.8. The highest BCUT2D eigenvalue weighted by molar-refractivity contribution is 6.31. The van der Waals surface area contributed by atoms with Crippen molar-refractivity contribution in [1.29, 1.82) is 0 Å². The Labute approximate surface area is 165 Å². The maximum Gasteiger partial charge on any atom is 0.254 e. The van der Waals surface area contributed by atoms with Gasteiger partial charge in [-0.1, -0.05) is 43.6 Å². The Bertz CT molecular complexity index is 977. The van der Waals surface area contributed by atoms with Gasteiger partial charge in [-0.2, -0.15) is 5.10 Å². The molecule has 0 fully saturated rings. The minimum absolute atomic E-state index is 0.0625. The third-order valence-corrected chi connectivity index (χ3v) is 4.98. The fraction of sp³-hybridized carbons (Fsp3) is 0.381. The quantitative estimate of drug-likeness (QED) is 0.617. The lowest BCUT2D eigenvalue weighted by Crippen LogP contribution is -2.27. The van der Waals surface area contributed by atoms with E-state index in [1.165, 1.54) is 0 Å². The second-order valence-corrected chi connectivity index (χ2v) is 7.83. The van der Waals surface area contributed by atoms with Crippen molar-refractivity contribution in [3.63, 3.8) is 0 Å². The Balaban J connectivity index is 2.04. The van der Waals surface area contributed by atoms with Gasteiger partial charge >= 0.3 is 0 Å². The van der Waals surface area contributed by atoms with E-state index >= 15 is 0 Å². The van der Waals surface area contributed by atoms with E-state index < -0.39 is 0 Å². The Morgan fingerprint density at radius 1 is 1.22 bits per heavy atom. The van der Waals surface area contributed by atoms with Crippen LogP contribution in [0.15, 0.2) is 36.5 Å². The van der Waals surface area contributed by atoms with E-state index in [0.717, 1.165) is 22.3 Å². The number of carbonyl (C=O) groups is 1. The van der Waals surface area contributed by atoms with Gasteiger partial charge in [0.05, 0.1) is 17.1 Å². The summed E-state index contributed by atoms with van der Waals surface area (Å²) in [7, 11) is 1.79. The fourth-order valence-corrected chi connectivity index (χ4v) is 3.24. The molecule has 2 aromatic heterocycles. The van der Waals surface area contributed by atoms with Crippen LogP contribution in [-0.4, -0.2) is 32.6 Å². The summed E-state index contributed by atoms with van der Waals surface area (Å²) in [4.78, 5) is 19.7. The first kappa shape index (κ1) is 19.4. The predicted molar refractivity (Wildman–Crippen MR) is 109 cm³/mol. The summed E-state index contributed by atoms with van der Waals surface area (Å²) in [5.74, 6) is 0.151. The molecule has 6 heteroatoms. The number of halogens is 1. The molecule has 0 unspecified atom stereocenters. The van der Waals surface area contributed by atoms with Crippen LogP contribution in [0.1, 0.15) is 61.3 Å². The van der Waals surface area contributed by atoms with E-state index in [9.17, 15) is 4.79 Å². The molecule has 142 valence electrons. The lowest BCUT2D eigenvalue weighted by Gasteiger charge is -2.19. The van der Waals surface area contributed by atoms with Crippen molar-refractivity contribution < 1.29 is 4.79 Å². The number of benzene rings is 1. The molecule has 0 aliphatic carbocycles. The molecular formula is C21H25ClN4O. The summed E-state index contributed by atoms with van der Waals surface area (Å²) in [6.07, 6.45) is 1.74. The van der Waals surface area contributed by atoms with Gasteiger partial charge in [0, 0.05) is 30.4 Å². The number of amides is 1. The summed E-state index contributed by atoms with van der Waals surface area (Å²) >= 11 is 6.26. The van der Waals surface area contributed by atoms with Crippen LogP contribution < -0.4 is 0 Å². The number of nitrogens with zero attached hydrogens (tertiary/aromatic N) is 4. The van der Waals surface area contributed by atoms with Crippen molar-refractivity contribution in [3.05, 3.63) is 58.4 Å². The van der Waals surface area contributed by atoms with Crippen LogP contribution in [-0.2, 0) is 6.54 Å². The molecule has 0 saturated heterocycles. The molecule has 2 heterocycles. The number of hydrogen-bond donors (Lipinski definition) is 0. The maximum atomic E-state index is 13.2. The SMILES string of the molecule is CC(C)c1cc(C(=O)N(C)Cc2ccccc2Cl)c2cnn(C(C)C)c2n1. The van der Waals surface area contributed by atoms with E-state index in [1.54, 1.807) is 18.1 Å². The lowest BCUT2D eigenvalue weighted by molar-refractivity contribution is 0.0787. The summed E-state index contributed by atoms with van der Waals surface area (Å²) in [6.45, 7) is 8.71. The number of aromatic nitrogens is 3. The van der Waals surface area contributed by atoms with Crippen molar-refractivity contribution in [2.75, 3.05) is 7.05 Å². The molecule has 0 aliphatic heterocycles. The molecule has 3 aromatic rings. The van der Waals surface area contributed by atoms with Gasteiger partial charge < -0.3 is 4.90 Å². The molecule has 1 amide bonds. The van der Waals surface area contributed by atoms with Crippen LogP contribution in [0.2, 0.25) is 5.02 Å². The van der Waals surface area contributed by atoms with Gasteiger partial charge in [-0.05, 0) is 37.5 Å². The minimum Gasteiger partial charge on any atom is -0.337 e. The third kappa shape index (κ3) is 3.83. The van der Waals surface area contributed by atoms with Gasteiger partial charge in [0.1, 0.15) is 0 Å². The summed E-state index contributed by atoms with van der Waals surface area (Å²) in [5, 5.41) is 5.90. The highest BCUT2D eigenvalue weighted by atomic mass is 35.5. The first-order valence-electron chi connectivity index (χ1n) is 9.16. The first-order valence-corrected chi connectivity index (χ1v) is 9.54. The number of pyridine rings is 1. The van der Waals surface area contributed by atoms with Crippen molar-refractivity contribution in [1.82, 2.24) is 19.7 Å². The smallest absolute Gasteiger partial charge is 0.254 e. The molecular weight excluding hydrogens is 360 g/mol. The topological polar surface area (TPSA) is 51.0 Å². The van der Waals surface area contributed by atoms with Gasteiger partial charge in [-0.25, -0.2) is 9.67 Å². The second-order valence-electron chi connectivity index (χ2n) is 7.42. The number of fused-ring (bicyclic) bond motifs is 1. The maximum absolute atomic E-state index is 13.2. The van der Waals surface area contributed by atoms with Crippen LogP contribution in [0, 0.1) is 0 Å². The Morgan fingerprint density at radius 2 is 1.93 bits per heavy atom. The summed E-state index contributed by atoms with van der Waals surface area (Å²) in [6, 6.07) is 9.64. The molecule has 0 N–H and O–H groups in total. The van der Waals surface area contributed by atoms with E-state index in [0.29, 0.717) is 17.1 Å². The number of carbonyl (C=O) groups excluding carboxylic acids is 1. The second kappa shape index (κ2) is 7.69. The predicted octanol–water partition coefficient (Wildman–Crippen LogP) is 5.06. The number of hydrogen-bond acceptors (Lipinski definition) is 3. The molecule has 0 bridgehead atoms. The largest absolute Gasteiger partial charge is 0.337 e. The lowest BCUT2D eigenvalue weighted by atomic mass is 10.0. The normalized spacial score (nSPS) is 11.6. The van der Waals surface area contributed by atoms with Crippen molar-refractivity contribution in [3.8, 4) is 0 Å². The van der Waals surface area contributed by atoms with Gasteiger partial charge in [0.2, 0.25) is 0 Å². The van der Waals surface area contributed by atoms with E-state index in [4.69, 9.17) is 16.6 Å². The molecule has 1 aromatic carbocycles. The van der Waals surface area contributed by atoms with Crippen LogP contribution in [0.5, 0.6) is 0 Å².